The van der Waals surface area contributed by atoms with E-state index in [1.54, 1.807) is 31.2 Å². The molecule has 1 aliphatic heterocycles. The number of phenols is 1. The number of hydrogen-bond acceptors (Lipinski definition) is 9. The average Bonchev–Trinajstić information content (AvgIpc) is 3.14. The number of urea groups is 1. The number of ether oxygens (including phenoxy) is 3. The molecule has 1 aliphatic rings. The van der Waals surface area contributed by atoms with Crippen LogP contribution in [-0.4, -0.2) is 71.6 Å². The van der Waals surface area contributed by atoms with Crippen molar-refractivity contribution < 1.29 is 39.1 Å². The van der Waals surface area contributed by atoms with Gasteiger partial charge in [-0.05, 0) is 71.6 Å². The number of carbonyl (C=O) groups excluding carboxylic acids is 2. The van der Waals surface area contributed by atoms with Crippen LogP contribution >= 0.6 is 0 Å². The molecular weight excluding hydrogens is 650 g/mol. The summed E-state index contributed by atoms with van der Waals surface area (Å²) >= 11 is 0. The number of aliphatic hydroxyl groups excluding tert-OH is 2. The van der Waals surface area contributed by atoms with Gasteiger partial charge in [-0.2, -0.15) is 0 Å². The van der Waals surface area contributed by atoms with Gasteiger partial charge in [0.05, 0.1) is 31.5 Å². The van der Waals surface area contributed by atoms with Gasteiger partial charge < -0.3 is 45.1 Å². The lowest BCUT2D eigenvalue weighted by atomic mass is 9.89. The Balaban J connectivity index is 1.32. The Labute approximate surface area is 298 Å². The molecule has 0 radical (unpaired) electrons. The number of aliphatic hydroxyl groups is 2. The molecule has 0 aliphatic carbocycles. The molecule has 4 aromatic rings. The summed E-state index contributed by atoms with van der Waals surface area (Å²) < 4.78 is 18.2. The third kappa shape index (κ3) is 10.4. The van der Waals surface area contributed by atoms with Crippen LogP contribution in [0.1, 0.15) is 60.2 Å². The van der Waals surface area contributed by atoms with Crippen LogP contribution in [0.3, 0.4) is 0 Å². The molecule has 0 spiro atoms. The van der Waals surface area contributed by atoms with Crippen molar-refractivity contribution in [2.45, 2.75) is 51.6 Å². The number of likely N-dealkylation sites (N-methyl/N-ethyl adjacent to an activating group) is 1. The molecular formula is C40H47N3O8. The minimum absolute atomic E-state index is 0.0469. The molecule has 0 bridgehead atoms. The van der Waals surface area contributed by atoms with Crippen molar-refractivity contribution in [3.63, 3.8) is 0 Å². The zero-order valence-corrected chi connectivity index (χ0v) is 29.2. The Bertz CT molecular complexity index is 1750. The first-order chi connectivity index (χ1) is 24.6. The molecule has 1 heterocycles. The van der Waals surface area contributed by atoms with Crippen LogP contribution in [0.5, 0.6) is 5.75 Å². The van der Waals surface area contributed by atoms with Crippen molar-refractivity contribution >= 4 is 12.0 Å². The highest BCUT2D eigenvalue weighted by Crippen LogP contribution is 2.42. The lowest BCUT2D eigenvalue weighted by molar-refractivity contribution is -0.276. The van der Waals surface area contributed by atoms with Gasteiger partial charge in [0.25, 0.3) is 0 Å². The summed E-state index contributed by atoms with van der Waals surface area (Å²) in [5, 5.41) is 35.7. The SMILES string of the molecule is CCOC(=O)CNC(=O)NCc1cccc(-c2cccc([C@@H]3O[C@H](CN(C)C[C@@H](O)c4cccc(O)c4)[C@H](C)[C@H](c4ccc(CO)cc4)O3)c2)c1. The second-order valence-corrected chi connectivity index (χ2v) is 12.8. The zero-order valence-electron chi connectivity index (χ0n) is 29.2. The smallest absolute Gasteiger partial charge is 0.325 e. The van der Waals surface area contributed by atoms with Crippen molar-refractivity contribution in [3.8, 4) is 16.9 Å². The molecule has 5 N–H and O–H groups in total. The fourth-order valence-electron chi connectivity index (χ4n) is 6.18. The number of carbonyl (C=O) groups is 2. The van der Waals surface area contributed by atoms with Crippen LogP contribution in [0.2, 0.25) is 0 Å². The van der Waals surface area contributed by atoms with E-state index < -0.39 is 24.4 Å². The second-order valence-electron chi connectivity index (χ2n) is 12.8. The molecule has 0 saturated carbocycles. The van der Waals surface area contributed by atoms with Crippen LogP contribution in [0, 0.1) is 5.92 Å². The van der Waals surface area contributed by atoms with Gasteiger partial charge in [-0.15, -0.1) is 0 Å². The Morgan fingerprint density at radius 2 is 1.61 bits per heavy atom. The van der Waals surface area contributed by atoms with Crippen molar-refractivity contribution in [1.29, 1.82) is 0 Å². The molecule has 270 valence electrons. The van der Waals surface area contributed by atoms with Gasteiger partial charge in [0.2, 0.25) is 0 Å². The number of rotatable bonds is 14. The number of amides is 2. The van der Waals surface area contributed by atoms with Gasteiger partial charge in [0.1, 0.15) is 12.3 Å². The molecule has 51 heavy (non-hydrogen) atoms. The highest BCUT2D eigenvalue weighted by atomic mass is 16.7. The molecule has 1 fully saturated rings. The lowest BCUT2D eigenvalue weighted by Gasteiger charge is -2.42. The van der Waals surface area contributed by atoms with Crippen LogP contribution in [0.15, 0.2) is 97.1 Å². The Morgan fingerprint density at radius 3 is 2.33 bits per heavy atom. The van der Waals surface area contributed by atoms with Crippen molar-refractivity contribution in [3.05, 3.63) is 125 Å². The van der Waals surface area contributed by atoms with Crippen molar-refractivity contribution in [2.75, 3.05) is 33.3 Å². The van der Waals surface area contributed by atoms with E-state index in [1.165, 1.54) is 0 Å². The lowest BCUT2D eigenvalue weighted by Crippen LogP contribution is -2.44. The van der Waals surface area contributed by atoms with Crippen LogP contribution in [0.4, 0.5) is 4.79 Å². The van der Waals surface area contributed by atoms with Crippen LogP contribution < -0.4 is 10.6 Å². The molecule has 11 heteroatoms. The molecule has 2 amide bonds. The summed E-state index contributed by atoms with van der Waals surface area (Å²) in [6, 6.07) is 29.7. The molecule has 0 aromatic heterocycles. The van der Waals surface area contributed by atoms with Crippen LogP contribution in [-0.2, 0) is 32.2 Å². The zero-order chi connectivity index (χ0) is 36.3. The molecule has 11 nitrogen and oxygen atoms in total. The van der Waals surface area contributed by atoms with E-state index in [0.29, 0.717) is 18.7 Å². The predicted molar refractivity (Wildman–Crippen MR) is 192 cm³/mol. The maximum absolute atomic E-state index is 12.2. The molecule has 4 aromatic carbocycles. The minimum Gasteiger partial charge on any atom is -0.508 e. The van der Waals surface area contributed by atoms with Gasteiger partial charge in [0, 0.05) is 31.1 Å². The molecule has 1 saturated heterocycles. The normalized spacial score (nSPS) is 19.3. The summed E-state index contributed by atoms with van der Waals surface area (Å²) in [7, 11) is 1.93. The molecule has 5 atom stereocenters. The number of esters is 1. The molecule has 5 rings (SSSR count). The first-order valence-corrected chi connectivity index (χ1v) is 17.2. The maximum Gasteiger partial charge on any atom is 0.325 e. The number of benzene rings is 4. The topological polar surface area (TPSA) is 150 Å². The minimum atomic E-state index is -0.795. The maximum atomic E-state index is 12.2. The van der Waals surface area contributed by atoms with E-state index in [9.17, 15) is 24.9 Å². The first kappa shape index (κ1) is 37.5. The van der Waals surface area contributed by atoms with E-state index in [2.05, 4.69) is 17.6 Å². The average molecular weight is 698 g/mol. The number of hydrogen-bond donors (Lipinski definition) is 5. The highest BCUT2D eigenvalue weighted by Gasteiger charge is 2.39. The molecule has 0 unspecified atom stereocenters. The summed E-state index contributed by atoms with van der Waals surface area (Å²) in [4.78, 5) is 25.8. The van der Waals surface area contributed by atoms with E-state index in [0.717, 1.165) is 33.4 Å². The van der Waals surface area contributed by atoms with E-state index in [1.807, 2.05) is 84.7 Å². The summed E-state index contributed by atoms with van der Waals surface area (Å²) in [6.07, 6.45) is -2.05. The number of phenolic OH excluding ortho intramolecular Hbond substituents is 1. The number of nitrogens with zero attached hydrogens (tertiary/aromatic N) is 1. The number of aromatic hydroxyl groups is 1. The van der Waals surface area contributed by atoms with E-state index >= 15 is 0 Å². The highest BCUT2D eigenvalue weighted by molar-refractivity contribution is 5.80. The third-order valence-corrected chi connectivity index (χ3v) is 8.93. The van der Waals surface area contributed by atoms with E-state index in [-0.39, 0.29) is 50.2 Å². The van der Waals surface area contributed by atoms with Gasteiger partial charge in [0.15, 0.2) is 6.29 Å². The number of nitrogens with one attached hydrogen (secondary N) is 2. The summed E-state index contributed by atoms with van der Waals surface area (Å²) in [6.45, 7) is 4.92. The van der Waals surface area contributed by atoms with Crippen LogP contribution in [0.25, 0.3) is 11.1 Å². The standard InChI is InChI=1S/C40H47N3O8/c1-4-49-37(47)22-42-40(48)41-21-28-8-5-9-30(18-28)31-10-6-12-33(19-31)39-50-36(24-43(3)23-35(46)32-11-7-13-34(45)20-32)26(2)38(51-39)29-16-14-27(25-44)15-17-29/h5-20,26,35-36,38-39,44-46H,4,21-25H2,1-3H3,(H2,41,42,48)/t26-,35+,36+,38+,39+/m0/s1. The Kier molecular flexibility index (Phi) is 13.2. The summed E-state index contributed by atoms with van der Waals surface area (Å²) in [5.74, 6) is -0.444. The van der Waals surface area contributed by atoms with Gasteiger partial charge in [-0.1, -0.05) is 79.7 Å². The monoisotopic (exact) mass is 697 g/mol. The fraction of sp³-hybridized carbons (Fsp3) is 0.350. The fourth-order valence-corrected chi connectivity index (χ4v) is 6.18. The third-order valence-electron chi connectivity index (χ3n) is 8.93. The van der Waals surface area contributed by atoms with E-state index in [4.69, 9.17) is 14.2 Å². The summed E-state index contributed by atoms with van der Waals surface area (Å²) in [5.41, 5.74) is 6.03. The van der Waals surface area contributed by atoms with Crippen molar-refractivity contribution in [2.24, 2.45) is 5.92 Å². The van der Waals surface area contributed by atoms with Gasteiger partial charge in [-0.3, -0.25) is 4.79 Å². The Hall–Kier alpha value is -4.78. The quantitative estimate of drug-likeness (QED) is 0.110. The van der Waals surface area contributed by atoms with Gasteiger partial charge >= 0.3 is 12.0 Å². The van der Waals surface area contributed by atoms with Crippen molar-refractivity contribution in [1.82, 2.24) is 15.5 Å². The largest absolute Gasteiger partial charge is 0.508 e. The predicted octanol–water partition coefficient (Wildman–Crippen LogP) is 5.37. The Morgan fingerprint density at radius 1 is 0.882 bits per heavy atom. The first-order valence-electron chi connectivity index (χ1n) is 17.2. The second kappa shape index (κ2) is 17.9. The van der Waals surface area contributed by atoms with Gasteiger partial charge in [-0.25, -0.2) is 4.79 Å².